The maximum absolute atomic E-state index is 12.2. The minimum Gasteiger partial charge on any atom is -0.508 e. The number of fused-ring (bicyclic) bond motifs is 3. The van der Waals surface area contributed by atoms with Gasteiger partial charge in [-0.05, 0) is 35.4 Å². The van der Waals surface area contributed by atoms with Gasteiger partial charge in [-0.1, -0.05) is 42.5 Å². The molecule has 0 unspecified atom stereocenters. The summed E-state index contributed by atoms with van der Waals surface area (Å²) in [5.74, 6) is 0.199. The highest BCUT2D eigenvalue weighted by molar-refractivity contribution is 6.07. The standard InChI is InChI=1S/C21H18N2O2/c24-16-8-5-14(6-9-16)13-22-21(25)12-15-7-10-18-17-3-1-2-4-19(17)23-20(18)11-15/h1-11,23-24H,12-13H2,(H,22,25). The highest BCUT2D eigenvalue weighted by atomic mass is 16.3. The summed E-state index contributed by atoms with van der Waals surface area (Å²) in [5.41, 5.74) is 4.08. The van der Waals surface area contributed by atoms with Gasteiger partial charge in [0.05, 0.1) is 6.42 Å². The van der Waals surface area contributed by atoms with Crippen LogP contribution in [0, 0.1) is 0 Å². The molecule has 0 spiro atoms. The van der Waals surface area contributed by atoms with E-state index in [-0.39, 0.29) is 11.7 Å². The van der Waals surface area contributed by atoms with Crippen LogP contribution in [0.1, 0.15) is 11.1 Å². The summed E-state index contributed by atoms with van der Waals surface area (Å²) in [4.78, 5) is 15.6. The summed E-state index contributed by atoms with van der Waals surface area (Å²) in [6.07, 6.45) is 0.337. The molecule has 4 nitrogen and oxygen atoms in total. The number of hydrogen-bond acceptors (Lipinski definition) is 2. The van der Waals surface area contributed by atoms with E-state index in [0.717, 1.165) is 22.2 Å². The lowest BCUT2D eigenvalue weighted by molar-refractivity contribution is -0.120. The average molecular weight is 330 g/mol. The van der Waals surface area contributed by atoms with Gasteiger partial charge in [-0.25, -0.2) is 0 Å². The largest absolute Gasteiger partial charge is 0.508 e. The molecule has 0 aliphatic heterocycles. The molecule has 0 atom stereocenters. The van der Waals surface area contributed by atoms with Crippen LogP contribution in [0.2, 0.25) is 0 Å². The third kappa shape index (κ3) is 3.19. The number of carbonyl (C=O) groups excluding carboxylic acids is 1. The van der Waals surface area contributed by atoms with Crippen molar-refractivity contribution in [3.63, 3.8) is 0 Å². The zero-order valence-corrected chi connectivity index (χ0v) is 13.6. The summed E-state index contributed by atoms with van der Waals surface area (Å²) in [5, 5.41) is 14.6. The summed E-state index contributed by atoms with van der Waals surface area (Å²) in [6, 6.07) is 21.1. The molecule has 1 amide bonds. The van der Waals surface area contributed by atoms with Gasteiger partial charge in [0, 0.05) is 28.4 Å². The number of phenolic OH excluding ortho intramolecular Hbond substituents is 1. The van der Waals surface area contributed by atoms with E-state index < -0.39 is 0 Å². The Balaban J connectivity index is 1.47. The van der Waals surface area contributed by atoms with Crippen LogP contribution in [0.5, 0.6) is 5.75 Å². The van der Waals surface area contributed by atoms with Crippen LogP contribution in [0.3, 0.4) is 0 Å². The Labute approximate surface area is 145 Å². The van der Waals surface area contributed by atoms with Gasteiger partial charge in [-0.3, -0.25) is 4.79 Å². The average Bonchev–Trinajstić information content (AvgIpc) is 2.99. The van der Waals surface area contributed by atoms with Gasteiger partial charge in [0.15, 0.2) is 0 Å². The van der Waals surface area contributed by atoms with Gasteiger partial charge in [0.1, 0.15) is 5.75 Å². The molecule has 4 rings (SSSR count). The van der Waals surface area contributed by atoms with Gasteiger partial charge in [0.25, 0.3) is 0 Å². The van der Waals surface area contributed by atoms with E-state index in [1.54, 1.807) is 24.3 Å². The van der Waals surface area contributed by atoms with E-state index in [2.05, 4.69) is 28.5 Å². The first kappa shape index (κ1) is 15.3. The Morgan fingerprint density at radius 2 is 1.60 bits per heavy atom. The number of para-hydroxylation sites is 1. The van der Waals surface area contributed by atoms with Crippen LogP contribution < -0.4 is 5.32 Å². The fraction of sp³-hybridized carbons (Fsp3) is 0.0952. The molecular weight excluding hydrogens is 312 g/mol. The van der Waals surface area contributed by atoms with Crippen molar-refractivity contribution in [2.24, 2.45) is 0 Å². The predicted molar refractivity (Wildman–Crippen MR) is 99.5 cm³/mol. The summed E-state index contributed by atoms with van der Waals surface area (Å²) >= 11 is 0. The number of benzene rings is 3. The van der Waals surface area contributed by atoms with E-state index in [9.17, 15) is 9.90 Å². The molecule has 4 aromatic rings. The number of aromatic hydroxyl groups is 1. The molecule has 0 aliphatic carbocycles. The summed E-state index contributed by atoms with van der Waals surface area (Å²) < 4.78 is 0. The van der Waals surface area contributed by atoms with Crippen molar-refractivity contribution < 1.29 is 9.90 Å². The van der Waals surface area contributed by atoms with Crippen LogP contribution in [0.15, 0.2) is 66.7 Å². The SMILES string of the molecule is O=C(Cc1ccc2c(c1)[nH]c1ccccc12)NCc1ccc(O)cc1. The van der Waals surface area contributed by atoms with Crippen LogP contribution in [0.25, 0.3) is 21.8 Å². The Hall–Kier alpha value is -3.27. The smallest absolute Gasteiger partial charge is 0.224 e. The number of nitrogens with one attached hydrogen (secondary N) is 2. The maximum atomic E-state index is 12.2. The number of rotatable bonds is 4. The van der Waals surface area contributed by atoms with E-state index in [1.807, 2.05) is 24.3 Å². The zero-order valence-electron chi connectivity index (χ0n) is 13.6. The van der Waals surface area contributed by atoms with Crippen molar-refractivity contribution in [3.8, 4) is 5.75 Å². The second-order valence-electron chi connectivity index (χ2n) is 6.17. The first-order valence-corrected chi connectivity index (χ1v) is 8.23. The van der Waals surface area contributed by atoms with Crippen molar-refractivity contribution in [2.75, 3.05) is 0 Å². The topological polar surface area (TPSA) is 65.1 Å². The number of phenols is 1. The number of aromatic nitrogens is 1. The summed E-state index contributed by atoms with van der Waals surface area (Å²) in [7, 11) is 0. The second-order valence-corrected chi connectivity index (χ2v) is 6.17. The second kappa shape index (κ2) is 6.32. The Bertz CT molecular complexity index is 1050. The normalized spacial score (nSPS) is 11.0. The molecule has 0 saturated carbocycles. The van der Waals surface area contributed by atoms with Gasteiger partial charge in [0.2, 0.25) is 5.91 Å². The number of amides is 1. The molecular formula is C21H18N2O2. The summed E-state index contributed by atoms with van der Waals surface area (Å²) in [6.45, 7) is 0.452. The van der Waals surface area contributed by atoms with Gasteiger partial charge >= 0.3 is 0 Å². The molecule has 1 heterocycles. The molecule has 25 heavy (non-hydrogen) atoms. The molecule has 124 valence electrons. The van der Waals surface area contributed by atoms with Crippen molar-refractivity contribution in [1.82, 2.24) is 10.3 Å². The number of carbonyl (C=O) groups is 1. The van der Waals surface area contributed by atoms with Crippen LogP contribution in [0.4, 0.5) is 0 Å². The van der Waals surface area contributed by atoms with E-state index in [1.165, 1.54) is 10.8 Å². The van der Waals surface area contributed by atoms with Gasteiger partial charge in [-0.2, -0.15) is 0 Å². The molecule has 0 saturated heterocycles. The van der Waals surface area contributed by atoms with Gasteiger partial charge < -0.3 is 15.4 Å². The van der Waals surface area contributed by atoms with Crippen molar-refractivity contribution >= 4 is 27.7 Å². The van der Waals surface area contributed by atoms with E-state index in [4.69, 9.17) is 0 Å². The van der Waals surface area contributed by atoms with Crippen LogP contribution in [-0.2, 0) is 17.8 Å². The Morgan fingerprint density at radius 1 is 0.880 bits per heavy atom. The lowest BCUT2D eigenvalue weighted by Crippen LogP contribution is -2.24. The molecule has 4 heteroatoms. The third-order valence-corrected chi connectivity index (χ3v) is 4.36. The molecule has 0 radical (unpaired) electrons. The lowest BCUT2D eigenvalue weighted by atomic mass is 10.1. The fourth-order valence-electron chi connectivity index (χ4n) is 3.07. The quantitative estimate of drug-likeness (QED) is 0.531. The van der Waals surface area contributed by atoms with Crippen LogP contribution in [-0.4, -0.2) is 16.0 Å². The predicted octanol–water partition coefficient (Wildman–Crippen LogP) is 3.89. The molecule has 0 fully saturated rings. The monoisotopic (exact) mass is 330 g/mol. The number of H-pyrrole nitrogens is 1. The lowest BCUT2D eigenvalue weighted by Gasteiger charge is -2.06. The number of aromatic amines is 1. The van der Waals surface area contributed by atoms with Crippen LogP contribution >= 0.6 is 0 Å². The number of hydrogen-bond donors (Lipinski definition) is 3. The molecule has 3 N–H and O–H groups in total. The highest BCUT2D eigenvalue weighted by Crippen LogP contribution is 2.25. The highest BCUT2D eigenvalue weighted by Gasteiger charge is 2.07. The molecule has 3 aromatic carbocycles. The van der Waals surface area contributed by atoms with Crippen molar-refractivity contribution in [2.45, 2.75) is 13.0 Å². The molecule has 1 aromatic heterocycles. The molecule has 0 bridgehead atoms. The van der Waals surface area contributed by atoms with E-state index in [0.29, 0.717) is 13.0 Å². The minimum absolute atomic E-state index is 0.0245. The molecule has 0 aliphatic rings. The maximum Gasteiger partial charge on any atom is 0.224 e. The van der Waals surface area contributed by atoms with Gasteiger partial charge in [-0.15, -0.1) is 0 Å². The minimum atomic E-state index is -0.0245. The third-order valence-electron chi connectivity index (χ3n) is 4.36. The Kier molecular flexibility index (Phi) is 3.86. The Morgan fingerprint density at radius 3 is 2.44 bits per heavy atom. The first-order valence-electron chi connectivity index (χ1n) is 8.23. The zero-order chi connectivity index (χ0) is 17.2. The van der Waals surface area contributed by atoms with Crippen molar-refractivity contribution in [1.29, 1.82) is 0 Å². The fourth-order valence-corrected chi connectivity index (χ4v) is 3.07. The van der Waals surface area contributed by atoms with Crippen molar-refractivity contribution in [3.05, 3.63) is 77.9 Å². The first-order chi connectivity index (χ1) is 12.2. The van der Waals surface area contributed by atoms with E-state index >= 15 is 0 Å².